The smallest absolute Gasteiger partial charge is 0.224 e. The van der Waals surface area contributed by atoms with E-state index in [-0.39, 0.29) is 9.92 Å². The molecule has 0 saturated heterocycles. The molecule has 0 spiro atoms. The van der Waals surface area contributed by atoms with Gasteiger partial charge in [-0.15, -0.1) is 0 Å². The molecular weight excluding hydrogens is 412 g/mol. The van der Waals surface area contributed by atoms with Gasteiger partial charge < -0.3 is 9.47 Å². The maximum absolute atomic E-state index is 13.2. The normalized spacial score (nSPS) is 14.2. The average molecular weight is 439 g/mol. The van der Waals surface area contributed by atoms with E-state index < -0.39 is 9.84 Å². The highest BCUT2D eigenvalue weighted by molar-refractivity contribution is 7.91. The molecule has 0 fully saturated rings. The largest absolute Gasteiger partial charge is 0.493 e. The molecule has 4 rings (SSSR count). The lowest BCUT2D eigenvalue weighted by molar-refractivity contribution is 0.241. The minimum Gasteiger partial charge on any atom is -0.493 e. The second-order valence-corrected chi connectivity index (χ2v) is 9.59. The van der Waals surface area contributed by atoms with Gasteiger partial charge in [-0.25, -0.2) is 13.4 Å². The van der Waals surface area contributed by atoms with Crippen LogP contribution in [0.4, 0.5) is 0 Å². The topological polar surface area (TPSA) is 68.7 Å². The van der Waals surface area contributed by atoms with Crippen LogP contribution in [0.3, 0.4) is 0 Å². The Balaban J connectivity index is 1.61. The average Bonchev–Trinajstić information content (AvgIpc) is 2.78. The lowest BCUT2D eigenvalue weighted by Crippen LogP contribution is -2.30. The number of ether oxygens (including phenoxy) is 2. The van der Waals surface area contributed by atoms with E-state index in [0.717, 1.165) is 29.8 Å². The van der Waals surface area contributed by atoms with Crippen LogP contribution in [0.1, 0.15) is 22.3 Å². The third-order valence-electron chi connectivity index (χ3n) is 5.63. The van der Waals surface area contributed by atoms with E-state index in [1.165, 1.54) is 11.8 Å². The number of benzene rings is 2. The summed E-state index contributed by atoms with van der Waals surface area (Å²) >= 11 is 0. The summed E-state index contributed by atoms with van der Waals surface area (Å²) in [5.41, 5.74) is 4.11. The summed E-state index contributed by atoms with van der Waals surface area (Å²) in [5, 5.41) is 0.122. The van der Waals surface area contributed by atoms with Crippen LogP contribution in [0.2, 0.25) is 0 Å². The van der Waals surface area contributed by atoms with Gasteiger partial charge in [0.05, 0.1) is 19.1 Å². The number of aromatic nitrogens is 1. The summed E-state index contributed by atoms with van der Waals surface area (Å²) in [7, 11) is -0.427. The predicted octanol–water partition coefficient (Wildman–Crippen LogP) is 3.80. The molecule has 31 heavy (non-hydrogen) atoms. The highest BCUT2D eigenvalue weighted by atomic mass is 32.2. The number of hydrogen-bond donors (Lipinski definition) is 0. The summed E-state index contributed by atoms with van der Waals surface area (Å²) in [5.74, 6) is 1.43. The molecule has 0 radical (unpaired) electrons. The first-order valence-electron chi connectivity index (χ1n) is 10.1. The number of rotatable bonds is 6. The first kappa shape index (κ1) is 21.3. The maximum Gasteiger partial charge on any atom is 0.224 e. The summed E-state index contributed by atoms with van der Waals surface area (Å²) in [6, 6.07) is 14.6. The second-order valence-electron chi connectivity index (χ2n) is 7.72. The van der Waals surface area contributed by atoms with Gasteiger partial charge in [-0.05, 0) is 54.8 Å². The highest BCUT2D eigenvalue weighted by Crippen LogP contribution is 2.34. The quantitative estimate of drug-likeness (QED) is 0.583. The third kappa shape index (κ3) is 4.29. The number of hydrogen-bond acceptors (Lipinski definition) is 6. The fourth-order valence-corrected chi connectivity index (χ4v) is 5.33. The third-order valence-corrected chi connectivity index (χ3v) is 7.40. The second kappa shape index (κ2) is 8.69. The molecule has 1 aliphatic heterocycles. The van der Waals surface area contributed by atoms with Crippen molar-refractivity contribution < 1.29 is 17.9 Å². The first-order chi connectivity index (χ1) is 14.9. The van der Waals surface area contributed by atoms with Gasteiger partial charge in [0.15, 0.2) is 16.5 Å². The van der Waals surface area contributed by atoms with Gasteiger partial charge in [0.25, 0.3) is 0 Å². The van der Waals surface area contributed by atoms with E-state index >= 15 is 0 Å². The fraction of sp³-hybridized carbons (Fsp3) is 0.292. The zero-order chi connectivity index (χ0) is 22.0. The fourth-order valence-electron chi connectivity index (χ4n) is 3.93. The molecule has 0 aliphatic carbocycles. The highest BCUT2D eigenvalue weighted by Gasteiger charge is 2.25. The molecule has 0 saturated carbocycles. The van der Waals surface area contributed by atoms with E-state index in [0.29, 0.717) is 24.4 Å². The van der Waals surface area contributed by atoms with Crippen LogP contribution < -0.4 is 9.47 Å². The Morgan fingerprint density at radius 3 is 2.35 bits per heavy atom. The zero-order valence-electron chi connectivity index (χ0n) is 18.0. The molecule has 3 aromatic rings. The van der Waals surface area contributed by atoms with Crippen molar-refractivity contribution in [2.24, 2.45) is 0 Å². The molecule has 0 bridgehead atoms. The van der Waals surface area contributed by atoms with Crippen LogP contribution in [-0.4, -0.2) is 39.1 Å². The van der Waals surface area contributed by atoms with Gasteiger partial charge in [-0.3, -0.25) is 4.90 Å². The minimum atomic E-state index is -3.69. The molecule has 1 aliphatic rings. The molecule has 6 nitrogen and oxygen atoms in total. The van der Waals surface area contributed by atoms with Crippen molar-refractivity contribution in [3.05, 3.63) is 77.0 Å². The Kier molecular flexibility index (Phi) is 5.98. The number of fused-ring (bicyclic) bond motifs is 1. The molecule has 0 unspecified atom stereocenters. The number of sulfone groups is 1. The standard InChI is InChI=1S/C24H26N2O4S/c1-17-6-8-21(9-7-17)31(27,28)24-19(5-4-11-25-24)15-26-12-10-18-13-22(29-2)23(30-3)14-20(18)16-26/h4-9,11,13-14H,10,12,15-16H2,1-3H3. The van der Waals surface area contributed by atoms with Crippen LogP contribution in [0.5, 0.6) is 11.5 Å². The number of aryl methyl sites for hydroxylation is 1. The Bertz CT molecular complexity index is 1190. The van der Waals surface area contributed by atoms with E-state index in [9.17, 15) is 8.42 Å². The number of methoxy groups -OCH3 is 2. The van der Waals surface area contributed by atoms with E-state index in [1.807, 2.05) is 25.1 Å². The van der Waals surface area contributed by atoms with Crippen LogP contribution in [0.25, 0.3) is 0 Å². The van der Waals surface area contributed by atoms with E-state index in [2.05, 4.69) is 9.88 Å². The molecule has 2 heterocycles. The van der Waals surface area contributed by atoms with Crippen LogP contribution in [0.15, 0.2) is 64.6 Å². The molecule has 162 valence electrons. The van der Waals surface area contributed by atoms with Crippen LogP contribution in [0, 0.1) is 6.92 Å². The van der Waals surface area contributed by atoms with Gasteiger partial charge in [-0.1, -0.05) is 23.8 Å². The molecule has 7 heteroatoms. The van der Waals surface area contributed by atoms with Crippen molar-refractivity contribution in [1.29, 1.82) is 0 Å². The molecule has 1 aromatic heterocycles. The van der Waals surface area contributed by atoms with Crippen molar-refractivity contribution >= 4 is 9.84 Å². The van der Waals surface area contributed by atoms with Crippen molar-refractivity contribution in [3.8, 4) is 11.5 Å². The van der Waals surface area contributed by atoms with E-state index in [4.69, 9.17) is 9.47 Å². The van der Waals surface area contributed by atoms with Crippen molar-refractivity contribution in [3.63, 3.8) is 0 Å². The predicted molar refractivity (Wildman–Crippen MR) is 118 cm³/mol. The van der Waals surface area contributed by atoms with Crippen molar-refractivity contribution in [2.75, 3.05) is 20.8 Å². The Hall–Kier alpha value is -2.90. The van der Waals surface area contributed by atoms with Crippen molar-refractivity contribution in [2.45, 2.75) is 36.4 Å². The SMILES string of the molecule is COc1cc2c(cc1OC)CN(Cc1cccnc1S(=O)(=O)c1ccc(C)cc1)CC2. The Morgan fingerprint density at radius 2 is 1.68 bits per heavy atom. The van der Waals surface area contributed by atoms with E-state index in [1.54, 1.807) is 44.6 Å². The zero-order valence-corrected chi connectivity index (χ0v) is 18.8. The molecule has 0 atom stereocenters. The van der Waals surface area contributed by atoms with Crippen molar-refractivity contribution in [1.82, 2.24) is 9.88 Å². The summed E-state index contributed by atoms with van der Waals surface area (Å²) in [6.07, 6.45) is 2.39. The van der Waals surface area contributed by atoms with Crippen LogP contribution in [-0.2, 0) is 29.3 Å². The number of pyridine rings is 1. The molecular formula is C24H26N2O4S. The minimum absolute atomic E-state index is 0.122. The Morgan fingerprint density at radius 1 is 1.00 bits per heavy atom. The first-order valence-corrected chi connectivity index (χ1v) is 11.6. The number of nitrogens with zero attached hydrogens (tertiary/aromatic N) is 2. The maximum atomic E-state index is 13.2. The molecule has 0 N–H and O–H groups in total. The summed E-state index contributed by atoms with van der Waals surface area (Å²) < 4.78 is 37.4. The lowest BCUT2D eigenvalue weighted by atomic mass is 9.98. The molecule has 0 amide bonds. The van der Waals surface area contributed by atoms with Crippen LogP contribution >= 0.6 is 0 Å². The molecule has 2 aromatic carbocycles. The van der Waals surface area contributed by atoms with Gasteiger partial charge >= 0.3 is 0 Å². The van der Waals surface area contributed by atoms with Gasteiger partial charge in [0.1, 0.15) is 0 Å². The van der Waals surface area contributed by atoms with Gasteiger partial charge in [0, 0.05) is 31.4 Å². The monoisotopic (exact) mass is 438 g/mol. The Labute approximate surface area is 183 Å². The van der Waals surface area contributed by atoms with Gasteiger partial charge in [0.2, 0.25) is 9.84 Å². The summed E-state index contributed by atoms with van der Waals surface area (Å²) in [6.45, 7) is 3.96. The lowest BCUT2D eigenvalue weighted by Gasteiger charge is -2.30. The summed E-state index contributed by atoms with van der Waals surface area (Å²) in [4.78, 5) is 6.76. The van der Waals surface area contributed by atoms with Gasteiger partial charge in [-0.2, -0.15) is 0 Å².